The minimum Gasteiger partial charge on any atom is -0.485 e. The highest BCUT2D eigenvalue weighted by atomic mass is 35.5. The molecule has 0 saturated carbocycles. The van der Waals surface area contributed by atoms with Gasteiger partial charge in [0.2, 0.25) is 0 Å². The predicted molar refractivity (Wildman–Crippen MR) is 73.1 cm³/mol. The maximum Gasteiger partial charge on any atom is 0.192 e. The lowest BCUT2D eigenvalue weighted by molar-refractivity contribution is 0.0843. The van der Waals surface area contributed by atoms with Crippen LogP contribution < -0.4 is 9.47 Å². The molecule has 1 unspecified atom stereocenters. The first-order valence-corrected chi connectivity index (χ1v) is 6.55. The number of methoxy groups -OCH3 is 1. The van der Waals surface area contributed by atoms with Crippen molar-refractivity contribution >= 4 is 11.6 Å². The SMILES string of the molecule is COCc1cc(Cl)nc(C2COc3ccccc3O2)n1. The highest BCUT2D eigenvalue weighted by Crippen LogP contribution is 2.35. The summed E-state index contributed by atoms with van der Waals surface area (Å²) >= 11 is 6.00. The van der Waals surface area contributed by atoms with E-state index < -0.39 is 0 Å². The molecule has 2 aromatic rings. The number of hydrogen-bond acceptors (Lipinski definition) is 5. The van der Waals surface area contributed by atoms with Crippen molar-refractivity contribution in [3.8, 4) is 11.5 Å². The van der Waals surface area contributed by atoms with Gasteiger partial charge in [-0.25, -0.2) is 9.97 Å². The van der Waals surface area contributed by atoms with Crippen LogP contribution in [0.4, 0.5) is 0 Å². The molecule has 0 saturated heterocycles. The molecule has 0 spiro atoms. The molecule has 2 heterocycles. The lowest BCUT2D eigenvalue weighted by Crippen LogP contribution is -2.24. The van der Waals surface area contributed by atoms with E-state index in [1.807, 2.05) is 24.3 Å². The van der Waals surface area contributed by atoms with E-state index in [4.69, 9.17) is 25.8 Å². The van der Waals surface area contributed by atoms with Crippen molar-refractivity contribution < 1.29 is 14.2 Å². The first kappa shape index (κ1) is 13.1. The fourth-order valence-corrected chi connectivity index (χ4v) is 2.21. The second-order valence-corrected chi connectivity index (χ2v) is 4.72. The molecule has 5 nitrogen and oxygen atoms in total. The Kier molecular flexibility index (Phi) is 3.71. The van der Waals surface area contributed by atoms with Gasteiger partial charge < -0.3 is 14.2 Å². The summed E-state index contributed by atoms with van der Waals surface area (Å²) in [7, 11) is 1.60. The molecular weight excluding hydrogens is 280 g/mol. The smallest absolute Gasteiger partial charge is 0.192 e. The maximum absolute atomic E-state index is 6.00. The predicted octanol–water partition coefficient (Wildman–Crippen LogP) is 2.79. The van der Waals surface area contributed by atoms with Crippen LogP contribution in [0.3, 0.4) is 0 Å². The Morgan fingerprint density at radius 3 is 2.90 bits per heavy atom. The van der Waals surface area contributed by atoms with Crippen molar-refractivity contribution in [3.63, 3.8) is 0 Å². The van der Waals surface area contributed by atoms with Gasteiger partial charge in [0.05, 0.1) is 12.3 Å². The number of benzene rings is 1. The van der Waals surface area contributed by atoms with Gasteiger partial charge >= 0.3 is 0 Å². The van der Waals surface area contributed by atoms with Gasteiger partial charge in [0.1, 0.15) is 11.8 Å². The number of fused-ring (bicyclic) bond motifs is 1. The summed E-state index contributed by atoms with van der Waals surface area (Å²) in [6.45, 7) is 0.725. The van der Waals surface area contributed by atoms with Crippen molar-refractivity contribution in [2.45, 2.75) is 12.7 Å². The van der Waals surface area contributed by atoms with Gasteiger partial charge in [-0.2, -0.15) is 0 Å². The van der Waals surface area contributed by atoms with E-state index >= 15 is 0 Å². The molecule has 0 aliphatic carbocycles. The molecule has 20 heavy (non-hydrogen) atoms. The molecule has 0 amide bonds. The highest BCUT2D eigenvalue weighted by Gasteiger charge is 2.25. The van der Waals surface area contributed by atoms with E-state index in [-0.39, 0.29) is 6.10 Å². The van der Waals surface area contributed by atoms with E-state index in [1.165, 1.54) is 0 Å². The van der Waals surface area contributed by atoms with Gasteiger partial charge in [0.15, 0.2) is 23.4 Å². The van der Waals surface area contributed by atoms with Crippen LogP contribution in [-0.2, 0) is 11.3 Å². The molecule has 6 heteroatoms. The number of nitrogens with zero attached hydrogens (tertiary/aromatic N) is 2. The summed E-state index contributed by atoms with van der Waals surface area (Å²) in [5, 5.41) is 0.365. The Bertz CT molecular complexity index is 621. The molecule has 0 radical (unpaired) electrons. The Hall–Kier alpha value is -1.85. The molecule has 1 atom stereocenters. The van der Waals surface area contributed by atoms with E-state index in [2.05, 4.69) is 9.97 Å². The molecule has 3 rings (SSSR count). The third-order valence-electron chi connectivity index (χ3n) is 2.85. The molecule has 0 bridgehead atoms. The Labute approximate surface area is 121 Å². The van der Waals surface area contributed by atoms with Gasteiger partial charge in [-0.1, -0.05) is 23.7 Å². The second kappa shape index (κ2) is 5.64. The minimum atomic E-state index is -0.376. The average molecular weight is 293 g/mol. The van der Waals surface area contributed by atoms with Crippen LogP contribution >= 0.6 is 11.6 Å². The Balaban J connectivity index is 1.87. The molecule has 1 aliphatic rings. The lowest BCUT2D eigenvalue weighted by Gasteiger charge is -2.25. The number of aromatic nitrogens is 2. The number of halogens is 1. The fourth-order valence-electron chi connectivity index (χ4n) is 2.00. The first-order chi connectivity index (χ1) is 9.76. The monoisotopic (exact) mass is 292 g/mol. The quantitative estimate of drug-likeness (QED) is 0.814. The number of para-hydroxylation sites is 2. The summed E-state index contributed by atoms with van der Waals surface area (Å²) in [6.07, 6.45) is -0.376. The van der Waals surface area contributed by atoms with E-state index in [0.29, 0.717) is 35.6 Å². The highest BCUT2D eigenvalue weighted by molar-refractivity contribution is 6.29. The normalized spacial score (nSPS) is 17.0. The third-order valence-corrected chi connectivity index (χ3v) is 3.05. The lowest BCUT2D eigenvalue weighted by atomic mass is 10.2. The van der Waals surface area contributed by atoms with E-state index in [9.17, 15) is 0 Å². The first-order valence-electron chi connectivity index (χ1n) is 6.17. The zero-order valence-electron chi connectivity index (χ0n) is 10.9. The van der Waals surface area contributed by atoms with Crippen LogP contribution in [0.15, 0.2) is 30.3 Å². The van der Waals surface area contributed by atoms with Crippen LogP contribution in [0.1, 0.15) is 17.6 Å². The van der Waals surface area contributed by atoms with Crippen LogP contribution in [0.5, 0.6) is 11.5 Å². The molecule has 0 N–H and O–H groups in total. The van der Waals surface area contributed by atoms with Crippen molar-refractivity contribution in [1.82, 2.24) is 9.97 Å². The zero-order chi connectivity index (χ0) is 13.9. The van der Waals surface area contributed by atoms with Crippen molar-refractivity contribution in [2.75, 3.05) is 13.7 Å². The molecule has 1 aliphatic heterocycles. The molecule has 1 aromatic heterocycles. The minimum absolute atomic E-state index is 0.351. The largest absolute Gasteiger partial charge is 0.485 e. The van der Waals surface area contributed by atoms with Crippen LogP contribution in [-0.4, -0.2) is 23.7 Å². The van der Waals surface area contributed by atoms with Crippen molar-refractivity contribution in [2.24, 2.45) is 0 Å². The van der Waals surface area contributed by atoms with Gasteiger partial charge in [0, 0.05) is 7.11 Å². The second-order valence-electron chi connectivity index (χ2n) is 4.34. The van der Waals surface area contributed by atoms with Gasteiger partial charge in [0.25, 0.3) is 0 Å². The Morgan fingerprint density at radius 2 is 2.10 bits per heavy atom. The number of ether oxygens (including phenoxy) is 3. The van der Waals surface area contributed by atoms with Crippen LogP contribution in [0, 0.1) is 0 Å². The van der Waals surface area contributed by atoms with Crippen LogP contribution in [0.2, 0.25) is 5.15 Å². The average Bonchev–Trinajstić information content (AvgIpc) is 2.46. The van der Waals surface area contributed by atoms with Gasteiger partial charge in [-0.3, -0.25) is 0 Å². The molecule has 0 fully saturated rings. The van der Waals surface area contributed by atoms with Crippen molar-refractivity contribution in [1.29, 1.82) is 0 Å². The summed E-state index contributed by atoms with van der Waals surface area (Å²) in [5.74, 6) is 1.91. The third kappa shape index (κ3) is 2.69. The van der Waals surface area contributed by atoms with E-state index in [1.54, 1.807) is 13.2 Å². The molecular formula is C14H13ClN2O3. The van der Waals surface area contributed by atoms with Gasteiger partial charge in [-0.05, 0) is 18.2 Å². The van der Waals surface area contributed by atoms with Crippen LogP contribution in [0.25, 0.3) is 0 Å². The molecule has 1 aromatic carbocycles. The number of rotatable bonds is 3. The van der Waals surface area contributed by atoms with Gasteiger partial charge in [-0.15, -0.1) is 0 Å². The zero-order valence-corrected chi connectivity index (χ0v) is 11.6. The van der Waals surface area contributed by atoms with E-state index in [0.717, 1.165) is 5.75 Å². The topological polar surface area (TPSA) is 53.5 Å². The standard InChI is InChI=1S/C14H13ClN2O3/c1-18-7-9-6-13(15)17-14(16-9)12-8-19-10-4-2-3-5-11(10)20-12/h2-6,12H,7-8H2,1H3. The maximum atomic E-state index is 6.00. The van der Waals surface area contributed by atoms with Crippen molar-refractivity contribution in [3.05, 3.63) is 47.0 Å². The molecule has 104 valence electrons. The Morgan fingerprint density at radius 1 is 1.30 bits per heavy atom. The summed E-state index contributed by atoms with van der Waals surface area (Å²) in [6, 6.07) is 9.17. The summed E-state index contributed by atoms with van der Waals surface area (Å²) in [4.78, 5) is 8.60. The summed E-state index contributed by atoms with van der Waals surface area (Å²) in [5.41, 5.74) is 0.713. The summed E-state index contributed by atoms with van der Waals surface area (Å²) < 4.78 is 16.6. The fraction of sp³-hybridized carbons (Fsp3) is 0.286. The number of hydrogen-bond donors (Lipinski definition) is 0.